The Balaban J connectivity index is 1.58. The first-order valence-electron chi connectivity index (χ1n) is 12.2. The molecule has 2 bridgehead atoms. The zero-order valence-electron chi connectivity index (χ0n) is 20.0. The van der Waals surface area contributed by atoms with Gasteiger partial charge < -0.3 is 24.4 Å². The molecule has 2 aromatic carbocycles. The van der Waals surface area contributed by atoms with E-state index >= 15 is 0 Å². The number of amides is 2. The number of benzene rings is 2. The number of esters is 1. The Labute approximate surface area is 218 Å². The molecule has 0 radical (unpaired) electrons. The van der Waals surface area contributed by atoms with Crippen molar-refractivity contribution in [2.24, 2.45) is 11.8 Å². The molecule has 190 valence electrons. The van der Waals surface area contributed by atoms with Crippen LogP contribution in [-0.2, 0) is 23.9 Å². The molecular weight excluding hydrogens is 528 g/mol. The SMILES string of the molecule is C=CCN(C(=O)[C@H]1N(CCO)C(=O)[C@@H]2[C@@H](C(=O)OCC)[C@@H]3O[C@@]21CC3Br)c1ccc2ccccc2c1. The molecule has 9 heteroatoms. The molecule has 5 rings (SSSR count). The van der Waals surface area contributed by atoms with E-state index in [4.69, 9.17) is 9.47 Å². The van der Waals surface area contributed by atoms with E-state index in [1.54, 1.807) is 17.9 Å². The van der Waals surface area contributed by atoms with E-state index in [2.05, 4.69) is 22.5 Å². The second-order valence-corrected chi connectivity index (χ2v) is 10.6. The number of hydrogen-bond acceptors (Lipinski definition) is 6. The van der Waals surface area contributed by atoms with Crippen molar-refractivity contribution >= 4 is 50.2 Å². The van der Waals surface area contributed by atoms with Crippen molar-refractivity contribution in [2.75, 3.05) is 31.2 Å². The summed E-state index contributed by atoms with van der Waals surface area (Å²) in [6.45, 7) is 5.59. The third-order valence-corrected chi connectivity index (χ3v) is 8.39. The van der Waals surface area contributed by atoms with Crippen LogP contribution in [0.25, 0.3) is 10.8 Å². The second kappa shape index (κ2) is 9.61. The summed E-state index contributed by atoms with van der Waals surface area (Å²) in [4.78, 5) is 43.7. The van der Waals surface area contributed by atoms with Crippen LogP contribution >= 0.6 is 15.9 Å². The van der Waals surface area contributed by atoms with Gasteiger partial charge in [0.1, 0.15) is 11.6 Å². The van der Waals surface area contributed by atoms with Crippen molar-refractivity contribution in [2.45, 2.75) is 35.9 Å². The van der Waals surface area contributed by atoms with Crippen molar-refractivity contribution in [1.82, 2.24) is 4.90 Å². The first kappa shape index (κ1) is 24.9. The first-order chi connectivity index (χ1) is 17.4. The predicted octanol–water partition coefficient (Wildman–Crippen LogP) is 2.66. The number of nitrogens with zero attached hydrogens (tertiary/aromatic N) is 2. The Hall–Kier alpha value is -2.75. The van der Waals surface area contributed by atoms with Crippen LogP contribution in [0, 0.1) is 11.8 Å². The normalized spacial score (nSPS) is 30.5. The fourth-order valence-corrected chi connectivity index (χ4v) is 7.15. The summed E-state index contributed by atoms with van der Waals surface area (Å²) in [6.07, 6.45) is 1.46. The molecule has 1 spiro atoms. The Kier molecular flexibility index (Phi) is 6.65. The van der Waals surface area contributed by atoms with Crippen LogP contribution < -0.4 is 4.90 Å². The maximum Gasteiger partial charge on any atom is 0.312 e. The minimum atomic E-state index is -1.20. The summed E-state index contributed by atoms with van der Waals surface area (Å²) in [5.41, 5.74) is -0.532. The minimum absolute atomic E-state index is 0.0380. The van der Waals surface area contributed by atoms with Gasteiger partial charge in [0, 0.05) is 23.6 Å². The lowest BCUT2D eigenvalue weighted by Gasteiger charge is -2.37. The highest BCUT2D eigenvalue weighted by Gasteiger charge is 2.77. The molecule has 3 aliphatic heterocycles. The third kappa shape index (κ3) is 3.67. The third-order valence-electron chi connectivity index (χ3n) is 7.55. The lowest BCUT2D eigenvalue weighted by atomic mass is 9.70. The van der Waals surface area contributed by atoms with E-state index in [9.17, 15) is 19.5 Å². The Bertz CT molecular complexity index is 1220. The summed E-state index contributed by atoms with van der Waals surface area (Å²) < 4.78 is 11.7. The van der Waals surface area contributed by atoms with Gasteiger partial charge in [0.2, 0.25) is 5.91 Å². The standard InChI is InChI=1S/C27H29BrN2O6/c1-3-11-29(18-10-9-16-7-5-6-8-17(16)14-18)25(33)23-27-15-19(28)22(36-27)20(26(34)35-4-2)21(27)24(32)30(23)12-13-31/h3,5-10,14,19-23,31H,1,4,11-13,15H2,2H3/t19?,20-,21+,22-,23-,27+/m1/s1. The highest BCUT2D eigenvalue weighted by molar-refractivity contribution is 9.09. The number of rotatable bonds is 8. The Morgan fingerprint density at radius 3 is 2.75 bits per heavy atom. The van der Waals surface area contributed by atoms with Gasteiger partial charge in [-0.2, -0.15) is 0 Å². The van der Waals surface area contributed by atoms with E-state index < -0.39 is 35.6 Å². The molecule has 1 unspecified atom stereocenters. The molecule has 6 atom stereocenters. The fraction of sp³-hybridized carbons (Fsp3) is 0.444. The quantitative estimate of drug-likeness (QED) is 0.305. The average molecular weight is 557 g/mol. The highest BCUT2D eigenvalue weighted by Crippen LogP contribution is 2.60. The smallest absolute Gasteiger partial charge is 0.312 e. The number of anilines is 1. The lowest BCUT2D eigenvalue weighted by Crippen LogP contribution is -2.57. The van der Waals surface area contributed by atoms with Gasteiger partial charge in [0.15, 0.2) is 0 Å². The monoisotopic (exact) mass is 556 g/mol. The van der Waals surface area contributed by atoms with Crippen molar-refractivity contribution in [3.63, 3.8) is 0 Å². The van der Waals surface area contributed by atoms with Crippen molar-refractivity contribution in [3.8, 4) is 0 Å². The largest absolute Gasteiger partial charge is 0.466 e. The van der Waals surface area contributed by atoms with E-state index in [-0.39, 0.29) is 42.9 Å². The van der Waals surface area contributed by atoms with Gasteiger partial charge in [0.25, 0.3) is 5.91 Å². The number of halogens is 1. The predicted molar refractivity (Wildman–Crippen MR) is 138 cm³/mol. The summed E-state index contributed by atoms with van der Waals surface area (Å²) in [7, 11) is 0. The molecule has 3 heterocycles. The second-order valence-electron chi connectivity index (χ2n) is 9.44. The van der Waals surface area contributed by atoms with E-state index in [0.717, 1.165) is 10.8 Å². The number of β-amino-alcohol motifs (C(OH)–C–C–N with tert-alkyl or cyclic N) is 1. The van der Waals surface area contributed by atoms with Gasteiger partial charge in [-0.25, -0.2) is 0 Å². The molecule has 3 fully saturated rings. The summed E-state index contributed by atoms with van der Waals surface area (Å²) in [5.74, 6) is -2.86. The van der Waals surface area contributed by atoms with Crippen LogP contribution in [0.15, 0.2) is 55.1 Å². The number of aliphatic hydroxyl groups is 1. The van der Waals surface area contributed by atoms with Crippen LogP contribution in [0.4, 0.5) is 5.69 Å². The molecule has 36 heavy (non-hydrogen) atoms. The maximum absolute atomic E-state index is 14.3. The Morgan fingerprint density at radius 2 is 2.06 bits per heavy atom. The van der Waals surface area contributed by atoms with Gasteiger partial charge in [-0.15, -0.1) is 6.58 Å². The van der Waals surface area contributed by atoms with Gasteiger partial charge in [-0.05, 0) is 36.2 Å². The van der Waals surface area contributed by atoms with Gasteiger partial charge in [-0.1, -0.05) is 52.3 Å². The van der Waals surface area contributed by atoms with Crippen molar-refractivity contribution in [3.05, 3.63) is 55.1 Å². The zero-order valence-corrected chi connectivity index (χ0v) is 21.6. The topological polar surface area (TPSA) is 96.4 Å². The molecule has 2 amide bonds. The highest BCUT2D eigenvalue weighted by atomic mass is 79.9. The van der Waals surface area contributed by atoms with Gasteiger partial charge >= 0.3 is 5.97 Å². The Morgan fingerprint density at radius 1 is 1.31 bits per heavy atom. The molecule has 0 aliphatic carbocycles. The summed E-state index contributed by atoms with van der Waals surface area (Å²) in [5, 5.41) is 11.8. The summed E-state index contributed by atoms with van der Waals surface area (Å²) in [6, 6.07) is 12.6. The van der Waals surface area contributed by atoms with Crippen LogP contribution in [-0.4, -0.2) is 76.7 Å². The molecule has 3 saturated heterocycles. The van der Waals surface area contributed by atoms with Crippen LogP contribution in [0.3, 0.4) is 0 Å². The number of carbonyl (C=O) groups is 3. The first-order valence-corrected chi connectivity index (χ1v) is 13.1. The molecule has 8 nitrogen and oxygen atoms in total. The number of ether oxygens (including phenoxy) is 2. The number of alkyl halides is 1. The molecule has 0 saturated carbocycles. The number of likely N-dealkylation sites (tertiary alicyclic amines) is 1. The van der Waals surface area contributed by atoms with Gasteiger partial charge in [0.05, 0.1) is 31.2 Å². The van der Waals surface area contributed by atoms with Crippen LogP contribution in [0.1, 0.15) is 13.3 Å². The van der Waals surface area contributed by atoms with Crippen LogP contribution in [0.2, 0.25) is 0 Å². The molecule has 3 aliphatic rings. The maximum atomic E-state index is 14.3. The molecular formula is C27H29BrN2O6. The van der Waals surface area contributed by atoms with E-state index in [0.29, 0.717) is 12.1 Å². The summed E-state index contributed by atoms with van der Waals surface area (Å²) >= 11 is 3.63. The van der Waals surface area contributed by atoms with Crippen molar-refractivity contribution in [1.29, 1.82) is 0 Å². The number of carbonyl (C=O) groups excluding carboxylic acids is 3. The fourth-order valence-electron chi connectivity index (χ4n) is 6.21. The minimum Gasteiger partial charge on any atom is -0.466 e. The molecule has 2 aromatic rings. The van der Waals surface area contributed by atoms with Crippen LogP contribution in [0.5, 0.6) is 0 Å². The van der Waals surface area contributed by atoms with Gasteiger partial charge in [-0.3, -0.25) is 14.4 Å². The number of fused-ring (bicyclic) bond motifs is 2. The van der Waals surface area contributed by atoms with E-state index in [1.165, 1.54) is 4.90 Å². The van der Waals surface area contributed by atoms with E-state index in [1.807, 2.05) is 42.5 Å². The molecule has 0 aromatic heterocycles. The number of aliphatic hydroxyl groups excluding tert-OH is 1. The zero-order chi connectivity index (χ0) is 25.6. The van der Waals surface area contributed by atoms with Crippen molar-refractivity contribution < 1.29 is 29.0 Å². The number of hydrogen-bond donors (Lipinski definition) is 1. The lowest BCUT2D eigenvalue weighted by molar-refractivity contribution is -0.154. The average Bonchev–Trinajstić information content (AvgIpc) is 3.46. The molecule has 1 N–H and O–H groups in total.